The zero-order valence-corrected chi connectivity index (χ0v) is 8.65. The summed E-state index contributed by atoms with van der Waals surface area (Å²) in [7, 11) is 0. The molecule has 1 fully saturated rings. The summed E-state index contributed by atoms with van der Waals surface area (Å²) in [4.78, 5) is 2.48. The van der Waals surface area contributed by atoms with E-state index in [1.54, 1.807) is 6.26 Å². The maximum Gasteiger partial charge on any atom is 0.0950 e. The van der Waals surface area contributed by atoms with Crippen LogP contribution in [-0.2, 0) is 0 Å². The summed E-state index contributed by atoms with van der Waals surface area (Å²) in [5, 5.41) is 0. The van der Waals surface area contributed by atoms with Crippen molar-refractivity contribution in [1.82, 2.24) is 4.90 Å². The fourth-order valence-corrected chi connectivity index (χ4v) is 2.35. The van der Waals surface area contributed by atoms with Crippen molar-refractivity contribution < 1.29 is 4.42 Å². The van der Waals surface area contributed by atoms with Crippen LogP contribution in [0.5, 0.6) is 0 Å². The first kappa shape index (κ1) is 9.74. The van der Waals surface area contributed by atoms with Gasteiger partial charge in [0.2, 0.25) is 0 Å². The van der Waals surface area contributed by atoms with Crippen molar-refractivity contribution in [3.63, 3.8) is 0 Å². The van der Waals surface area contributed by atoms with Crippen molar-refractivity contribution in [2.24, 2.45) is 5.73 Å². The number of likely N-dealkylation sites (tertiary alicyclic amines) is 1. The Kier molecular flexibility index (Phi) is 2.89. The fraction of sp³-hybridized carbons (Fsp3) is 0.636. The highest BCUT2D eigenvalue weighted by Gasteiger charge is 2.28. The lowest BCUT2D eigenvalue weighted by Crippen LogP contribution is -2.35. The maximum atomic E-state index is 5.82. The van der Waals surface area contributed by atoms with Crippen molar-refractivity contribution in [3.05, 3.63) is 24.2 Å². The summed E-state index contributed by atoms with van der Waals surface area (Å²) < 4.78 is 5.11. The Balaban J connectivity index is 2.13. The molecule has 2 unspecified atom stereocenters. The van der Waals surface area contributed by atoms with Crippen LogP contribution in [0.2, 0.25) is 0 Å². The van der Waals surface area contributed by atoms with E-state index in [4.69, 9.17) is 10.2 Å². The van der Waals surface area contributed by atoms with Gasteiger partial charge in [-0.15, -0.1) is 0 Å². The van der Waals surface area contributed by atoms with Crippen molar-refractivity contribution >= 4 is 0 Å². The minimum absolute atomic E-state index is 0.339. The van der Waals surface area contributed by atoms with Crippen molar-refractivity contribution in [3.8, 4) is 0 Å². The Morgan fingerprint density at radius 1 is 1.71 bits per heavy atom. The second-order valence-corrected chi connectivity index (χ2v) is 4.04. The van der Waals surface area contributed by atoms with Crippen LogP contribution in [0.1, 0.15) is 31.4 Å². The summed E-state index contributed by atoms with van der Waals surface area (Å²) in [6, 6.07) is 3.01. The smallest absolute Gasteiger partial charge is 0.0950 e. The average Bonchev–Trinajstić information content (AvgIpc) is 2.80. The highest BCUT2D eigenvalue weighted by atomic mass is 16.3. The zero-order valence-electron chi connectivity index (χ0n) is 8.65. The Bertz CT molecular complexity index is 271. The number of hydrogen-bond donors (Lipinski definition) is 1. The van der Waals surface area contributed by atoms with Gasteiger partial charge in [0.05, 0.1) is 18.6 Å². The van der Waals surface area contributed by atoms with Gasteiger partial charge >= 0.3 is 0 Å². The first-order chi connectivity index (χ1) is 6.83. The third-order valence-electron chi connectivity index (χ3n) is 3.16. The number of hydrogen-bond acceptors (Lipinski definition) is 3. The van der Waals surface area contributed by atoms with Gasteiger partial charge in [-0.25, -0.2) is 0 Å². The first-order valence-corrected chi connectivity index (χ1v) is 5.31. The molecule has 1 aliphatic rings. The number of furan rings is 1. The zero-order chi connectivity index (χ0) is 9.97. The summed E-state index contributed by atoms with van der Waals surface area (Å²) >= 11 is 0. The van der Waals surface area contributed by atoms with Crippen LogP contribution in [0.25, 0.3) is 0 Å². The Morgan fingerprint density at radius 2 is 2.57 bits per heavy atom. The molecule has 0 saturated carbocycles. The second kappa shape index (κ2) is 4.15. The van der Waals surface area contributed by atoms with Crippen LogP contribution in [-0.4, -0.2) is 24.0 Å². The molecule has 2 N–H and O–H groups in total. The molecule has 14 heavy (non-hydrogen) atoms. The molecule has 0 aliphatic carbocycles. The highest BCUT2D eigenvalue weighted by molar-refractivity contribution is 5.13. The molecule has 1 aliphatic heterocycles. The second-order valence-electron chi connectivity index (χ2n) is 4.04. The lowest BCUT2D eigenvalue weighted by molar-refractivity contribution is 0.195. The van der Waals surface area contributed by atoms with Crippen LogP contribution in [0, 0.1) is 0 Å². The van der Waals surface area contributed by atoms with Crippen LogP contribution in [0.15, 0.2) is 23.0 Å². The molecule has 1 saturated heterocycles. The Hall–Kier alpha value is -0.800. The first-order valence-electron chi connectivity index (χ1n) is 5.31. The van der Waals surface area contributed by atoms with Gasteiger partial charge in [0.1, 0.15) is 0 Å². The predicted octanol–water partition coefficient (Wildman–Crippen LogP) is 1.76. The molecule has 2 rings (SSSR count). The maximum absolute atomic E-state index is 5.82. The van der Waals surface area contributed by atoms with E-state index in [1.165, 1.54) is 18.4 Å². The molecule has 0 spiro atoms. The molecule has 2 atom stereocenters. The quantitative estimate of drug-likeness (QED) is 0.797. The lowest BCUT2D eigenvalue weighted by Gasteiger charge is -2.29. The third kappa shape index (κ3) is 1.70. The topological polar surface area (TPSA) is 42.4 Å². The summed E-state index contributed by atoms with van der Waals surface area (Å²) in [5.41, 5.74) is 7.03. The van der Waals surface area contributed by atoms with Gasteiger partial charge in [0, 0.05) is 18.2 Å². The van der Waals surface area contributed by atoms with E-state index >= 15 is 0 Å². The fourth-order valence-electron chi connectivity index (χ4n) is 2.35. The Morgan fingerprint density at radius 3 is 3.07 bits per heavy atom. The monoisotopic (exact) mass is 194 g/mol. The molecule has 0 aromatic carbocycles. The molecule has 1 aromatic rings. The van der Waals surface area contributed by atoms with Gasteiger partial charge in [0.15, 0.2) is 0 Å². The van der Waals surface area contributed by atoms with E-state index < -0.39 is 0 Å². The minimum atomic E-state index is 0.339. The molecular weight excluding hydrogens is 176 g/mol. The molecule has 0 amide bonds. The van der Waals surface area contributed by atoms with E-state index in [9.17, 15) is 0 Å². The molecule has 3 heteroatoms. The third-order valence-corrected chi connectivity index (χ3v) is 3.16. The number of nitrogens with zero attached hydrogens (tertiary/aromatic N) is 1. The molecular formula is C11H18N2O. The van der Waals surface area contributed by atoms with Crippen LogP contribution < -0.4 is 5.73 Å². The van der Waals surface area contributed by atoms with E-state index in [0.29, 0.717) is 18.6 Å². The summed E-state index contributed by atoms with van der Waals surface area (Å²) in [5.74, 6) is 0. The summed E-state index contributed by atoms with van der Waals surface area (Å²) in [6.07, 6.45) is 6.10. The van der Waals surface area contributed by atoms with Gasteiger partial charge in [-0.3, -0.25) is 4.90 Å². The number of nitrogens with two attached hydrogens (primary N) is 1. The van der Waals surface area contributed by atoms with Gasteiger partial charge < -0.3 is 10.2 Å². The lowest BCUT2D eigenvalue weighted by atomic mass is 10.1. The van der Waals surface area contributed by atoms with E-state index in [2.05, 4.69) is 11.8 Å². The number of rotatable bonds is 3. The SMILES string of the molecule is CC1CCCN1C(CN)c1ccoc1. The molecule has 3 nitrogen and oxygen atoms in total. The predicted molar refractivity (Wildman–Crippen MR) is 55.9 cm³/mol. The van der Waals surface area contributed by atoms with Gasteiger partial charge in [0.25, 0.3) is 0 Å². The van der Waals surface area contributed by atoms with Gasteiger partial charge in [-0.2, -0.15) is 0 Å². The highest BCUT2D eigenvalue weighted by Crippen LogP contribution is 2.28. The molecule has 0 bridgehead atoms. The van der Waals surface area contributed by atoms with Gasteiger partial charge in [-0.05, 0) is 32.4 Å². The molecule has 1 aromatic heterocycles. The van der Waals surface area contributed by atoms with Crippen LogP contribution in [0.3, 0.4) is 0 Å². The standard InChI is InChI=1S/C11H18N2O/c1-9-3-2-5-13(9)11(7-12)10-4-6-14-8-10/h4,6,8-9,11H,2-3,5,7,12H2,1H3. The minimum Gasteiger partial charge on any atom is -0.472 e. The van der Waals surface area contributed by atoms with Gasteiger partial charge in [-0.1, -0.05) is 0 Å². The molecule has 78 valence electrons. The largest absolute Gasteiger partial charge is 0.472 e. The van der Waals surface area contributed by atoms with E-state index in [-0.39, 0.29) is 0 Å². The molecule has 2 heterocycles. The molecule has 0 radical (unpaired) electrons. The van der Waals surface area contributed by atoms with Crippen molar-refractivity contribution in [1.29, 1.82) is 0 Å². The van der Waals surface area contributed by atoms with Crippen molar-refractivity contribution in [2.45, 2.75) is 31.8 Å². The Labute approximate surface area is 84.9 Å². The summed E-state index contributed by atoms with van der Waals surface area (Å²) in [6.45, 7) is 4.10. The van der Waals surface area contributed by atoms with Crippen LogP contribution in [0.4, 0.5) is 0 Å². The average molecular weight is 194 g/mol. The van der Waals surface area contributed by atoms with Crippen molar-refractivity contribution in [2.75, 3.05) is 13.1 Å². The normalized spacial score (nSPS) is 25.4. The van der Waals surface area contributed by atoms with Crippen LogP contribution >= 0.6 is 0 Å². The van der Waals surface area contributed by atoms with E-state index in [1.807, 2.05) is 12.3 Å². The van der Waals surface area contributed by atoms with E-state index in [0.717, 1.165) is 6.54 Å².